The molecule has 1 amide bonds. The molecule has 8 heteroatoms. The first-order valence-electron chi connectivity index (χ1n) is 8.20. The van der Waals surface area contributed by atoms with Crippen LogP contribution in [0.3, 0.4) is 0 Å². The molecule has 1 fully saturated rings. The summed E-state index contributed by atoms with van der Waals surface area (Å²) in [7, 11) is 0. The molecule has 0 bridgehead atoms. The standard InChI is InChI=1S/C18H16F3N3OS/c19-18(20,21)13-6-4-5-12(9-13)14-10-26-16(23-14)24-15(25)17(11-22)7-2-1-3-8-17/h4-6,9-10H,1-3,7-8H2,(H,23,24,25). The molecule has 0 spiro atoms. The number of nitriles is 1. The molecule has 4 nitrogen and oxygen atoms in total. The maximum absolute atomic E-state index is 12.8. The van der Waals surface area contributed by atoms with Gasteiger partial charge in [0.1, 0.15) is 5.41 Å². The molecule has 1 aromatic carbocycles. The molecule has 0 saturated heterocycles. The van der Waals surface area contributed by atoms with E-state index in [1.165, 1.54) is 12.1 Å². The van der Waals surface area contributed by atoms with Gasteiger partial charge in [0.25, 0.3) is 0 Å². The molecule has 2 aromatic rings. The van der Waals surface area contributed by atoms with E-state index in [2.05, 4.69) is 16.4 Å². The molecule has 1 N–H and O–H groups in total. The number of hydrogen-bond acceptors (Lipinski definition) is 4. The summed E-state index contributed by atoms with van der Waals surface area (Å²) in [5, 5.41) is 14.0. The molecule has 3 rings (SSSR count). The summed E-state index contributed by atoms with van der Waals surface area (Å²) in [6, 6.07) is 7.02. The Hall–Kier alpha value is -2.40. The van der Waals surface area contributed by atoms with Crippen LogP contribution in [0.5, 0.6) is 0 Å². The number of carbonyl (C=O) groups excluding carboxylic acids is 1. The van der Waals surface area contributed by atoms with Gasteiger partial charge >= 0.3 is 6.18 Å². The normalized spacial score (nSPS) is 16.7. The van der Waals surface area contributed by atoms with Crippen molar-refractivity contribution in [1.29, 1.82) is 5.26 Å². The molecule has 0 radical (unpaired) electrons. The van der Waals surface area contributed by atoms with Crippen LogP contribution in [-0.4, -0.2) is 10.9 Å². The molecule has 1 heterocycles. The van der Waals surface area contributed by atoms with Gasteiger partial charge in [-0.05, 0) is 25.0 Å². The molecule has 1 saturated carbocycles. The molecule has 0 atom stereocenters. The topological polar surface area (TPSA) is 65.8 Å². The molecule has 1 aliphatic rings. The smallest absolute Gasteiger partial charge is 0.301 e. The van der Waals surface area contributed by atoms with Crippen molar-refractivity contribution in [3.05, 3.63) is 35.2 Å². The molecular formula is C18H16F3N3OS. The maximum atomic E-state index is 12.8. The van der Waals surface area contributed by atoms with E-state index < -0.39 is 17.2 Å². The molecular weight excluding hydrogens is 363 g/mol. The number of nitrogens with zero attached hydrogens (tertiary/aromatic N) is 2. The van der Waals surface area contributed by atoms with Gasteiger partial charge in [0, 0.05) is 10.9 Å². The average Bonchev–Trinajstić information content (AvgIpc) is 3.10. The molecule has 0 aliphatic heterocycles. The van der Waals surface area contributed by atoms with Crippen LogP contribution in [-0.2, 0) is 11.0 Å². The zero-order valence-corrected chi connectivity index (χ0v) is 14.6. The second-order valence-corrected chi connectivity index (χ2v) is 7.18. The zero-order valence-electron chi connectivity index (χ0n) is 13.8. The highest BCUT2D eigenvalue weighted by Crippen LogP contribution is 2.37. The Morgan fingerprint density at radius 2 is 2.00 bits per heavy atom. The van der Waals surface area contributed by atoms with E-state index in [1.54, 1.807) is 5.38 Å². The van der Waals surface area contributed by atoms with Crippen LogP contribution < -0.4 is 5.32 Å². The molecule has 1 aliphatic carbocycles. The van der Waals surface area contributed by atoms with Gasteiger partial charge in [-0.15, -0.1) is 11.3 Å². The monoisotopic (exact) mass is 379 g/mol. The van der Waals surface area contributed by atoms with Crippen molar-refractivity contribution in [3.63, 3.8) is 0 Å². The highest BCUT2D eigenvalue weighted by atomic mass is 32.1. The fourth-order valence-electron chi connectivity index (χ4n) is 3.08. The van der Waals surface area contributed by atoms with E-state index in [9.17, 15) is 23.2 Å². The molecule has 136 valence electrons. The van der Waals surface area contributed by atoms with Gasteiger partial charge < -0.3 is 5.32 Å². The van der Waals surface area contributed by atoms with Gasteiger partial charge in [-0.1, -0.05) is 31.4 Å². The summed E-state index contributed by atoms with van der Waals surface area (Å²) in [5.74, 6) is -0.385. The number of halogens is 3. The van der Waals surface area contributed by atoms with Crippen LogP contribution >= 0.6 is 11.3 Å². The summed E-state index contributed by atoms with van der Waals surface area (Å²) >= 11 is 1.13. The number of thiazole rings is 1. The van der Waals surface area contributed by atoms with Crippen LogP contribution in [0.2, 0.25) is 0 Å². The second-order valence-electron chi connectivity index (χ2n) is 6.33. The highest BCUT2D eigenvalue weighted by molar-refractivity contribution is 7.14. The van der Waals surface area contributed by atoms with E-state index >= 15 is 0 Å². The van der Waals surface area contributed by atoms with Gasteiger partial charge in [0.15, 0.2) is 5.13 Å². The second kappa shape index (κ2) is 7.08. The Labute approximate surface area is 152 Å². The summed E-state index contributed by atoms with van der Waals surface area (Å²) < 4.78 is 38.5. The van der Waals surface area contributed by atoms with E-state index in [0.717, 1.165) is 42.7 Å². The first-order chi connectivity index (χ1) is 12.3. The first kappa shape index (κ1) is 18.4. The van der Waals surface area contributed by atoms with Crippen LogP contribution in [0.15, 0.2) is 29.6 Å². The number of nitrogens with one attached hydrogen (secondary N) is 1. The predicted molar refractivity (Wildman–Crippen MR) is 92.3 cm³/mol. The molecule has 0 unspecified atom stereocenters. The number of carbonyl (C=O) groups is 1. The van der Waals surface area contributed by atoms with Crippen molar-refractivity contribution in [2.24, 2.45) is 5.41 Å². The SMILES string of the molecule is N#CC1(C(=O)Nc2nc(-c3cccc(C(F)(F)F)c3)cs2)CCCCC1. The van der Waals surface area contributed by atoms with Crippen molar-refractivity contribution in [1.82, 2.24) is 4.98 Å². The minimum Gasteiger partial charge on any atom is -0.301 e. The Balaban J connectivity index is 1.78. The Kier molecular flexibility index (Phi) is 5.01. The van der Waals surface area contributed by atoms with Gasteiger partial charge in [0.05, 0.1) is 17.3 Å². The van der Waals surface area contributed by atoms with Crippen LogP contribution in [0, 0.1) is 16.7 Å². The van der Waals surface area contributed by atoms with Gasteiger partial charge in [-0.3, -0.25) is 4.79 Å². The van der Waals surface area contributed by atoms with Crippen molar-refractivity contribution in [2.75, 3.05) is 5.32 Å². The quantitative estimate of drug-likeness (QED) is 0.793. The lowest BCUT2D eigenvalue weighted by Gasteiger charge is -2.28. The number of alkyl halides is 3. The number of benzene rings is 1. The van der Waals surface area contributed by atoms with Crippen LogP contribution in [0.25, 0.3) is 11.3 Å². The Bertz CT molecular complexity index is 848. The number of rotatable bonds is 3. The van der Waals surface area contributed by atoms with Crippen LogP contribution in [0.1, 0.15) is 37.7 Å². The lowest BCUT2D eigenvalue weighted by atomic mass is 9.74. The third kappa shape index (κ3) is 3.73. The van der Waals surface area contributed by atoms with Gasteiger partial charge in [-0.2, -0.15) is 18.4 Å². The minimum absolute atomic E-state index is 0.280. The lowest BCUT2D eigenvalue weighted by Crippen LogP contribution is -2.36. The largest absolute Gasteiger partial charge is 0.416 e. The first-order valence-corrected chi connectivity index (χ1v) is 9.08. The summed E-state index contributed by atoms with van der Waals surface area (Å²) in [6.45, 7) is 0. The summed E-state index contributed by atoms with van der Waals surface area (Å²) in [4.78, 5) is 16.7. The molecule has 1 aromatic heterocycles. The number of aromatic nitrogens is 1. The maximum Gasteiger partial charge on any atom is 0.416 e. The Morgan fingerprint density at radius 3 is 2.65 bits per heavy atom. The van der Waals surface area contributed by atoms with E-state index in [4.69, 9.17) is 0 Å². The Morgan fingerprint density at radius 1 is 1.27 bits per heavy atom. The average molecular weight is 379 g/mol. The number of amides is 1. The fraction of sp³-hybridized carbons (Fsp3) is 0.389. The van der Waals surface area contributed by atoms with Crippen molar-refractivity contribution in [3.8, 4) is 17.3 Å². The fourth-order valence-corrected chi connectivity index (χ4v) is 3.80. The predicted octanol–water partition coefficient (Wildman–Crippen LogP) is 5.24. The molecule has 26 heavy (non-hydrogen) atoms. The zero-order chi connectivity index (χ0) is 18.8. The van der Waals surface area contributed by atoms with E-state index in [-0.39, 0.29) is 11.0 Å². The lowest BCUT2D eigenvalue weighted by molar-refractivity contribution is -0.137. The number of hydrogen-bond donors (Lipinski definition) is 1. The van der Waals surface area contributed by atoms with E-state index in [0.29, 0.717) is 24.1 Å². The summed E-state index contributed by atoms with van der Waals surface area (Å²) in [5.41, 5.74) is -1.12. The third-order valence-corrected chi connectivity index (χ3v) is 5.32. The van der Waals surface area contributed by atoms with Gasteiger partial charge in [-0.25, -0.2) is 4.98 Å². The summed E-state index contributed by atoms with van der Waals surface area (Å²) in [6.07, 6.45) is -0.734. The van der Waals surface area contributed by atoms with Crippen molar-refractivity contribution in [2.45, 2.75) is 38.3 Å². The minimum atomic E-state index is -4.43. The van der Waals surface area contributed by atoms with Crippen LogP contribution in [0.4, 0.5) is 18.3 Å². The van der Waals surface area contributed by atoms with Crippen molar-refractivity contribution < 1.29 is 18.0 Å². The van der Waals surface area contributed by atoms with E-state index in [1.807, 2.05) is 0 Å². The van der Waals surface area contributed by atoms with Crippen molar-refractivity contribution >= 4 is 22.4 Å². The van der Waals surface area contributed by atoms with Gasteiger partial charge in [0.2, 0.25) is 5.91 Å². The highest BCUT2D eigenvalue weighted by Gasteiger charge is 2.40. The number of anilines is 1. The third-order valence-electron chi connectivity index (χ3n) is 4.57.